The molecular weight excluding hydrogens is 407 g/mol. The molecule has 25 heavy (non-hydrogen) atoms. The van der Waals surface area contributed by atoms with Crippen LogP contribution in [0.15, 0.2) is 46.9 Å². The van der Waals surface area contributed by atoms with Gasteiger partial charge in [0.05, 0.1) is 12.3 Å². The Morgan fingerprint density at radius 2 is 1.96 bits per heavy atom. The molecule has 0 radical (unpaired) electrons. The molecule has 2 aromatic rings. The summed E-state index contributed by atoms with van der Waals surface area (Å²) in [6.07, 6.45) is 2.04. The summed E-state index contributed by atoms with van der Waals surface area (Å²) < 4.78 is 19.9. The highest BCUT2D eigenvalue weighted by atomic mass is 79.9. The minimum Gasteiger partial charge on any atom is -0.494 e. The summed E-state index contributed by atoms with van der Waals surface area (Å²) in [6.45, 7) is 2.74. The normalized spacial score (nSPS) is 10.2. The largest absolute Gasteiger partial charge is 0.494 e. The molecule has 132 valence electrons. The SMILES string of the molecule is CCCCOc1ccc(C(=O)NC(=S)Nc2ccc(Br)cc2F)cc1. The number of halogens is 2. The Labute approximate surface area is 159 Å². The molecule has 4 nitrogen and oxygen atoms in total. The number of amides is 1. The number of benzene rings is 2. The van der Waals surface area contributed by atoms with Crippen molar-refractivity contribution >= 4 is 44.9 Å². The highest BCUT2D eigenvalue weighted by Gasteiger charge is 2.10. The van der Waals surface area contributed by atoms with Crippen molar-refractivity contribution in [3.05, 3.63) is 58.3 Å². The van der Waals surface area contributed by atoms with Gasteiger partial charge in [-0.1, -0.05) is 29.3 Å². The van der Waals surface area contributed by atoms with E-state index < -0.39 is 5.82 Å². The third-order valence-corrected chi connectivity index (χ3v) is 3.99. The van der Waals surface area contributed by atoms with Crippen LogP contribution in [0.3, 0.4) is 0 Å². The van der Waals surface area contributed by atoms with Crippen molar-refractivity contribution in [2.45, 2.75) is 19.8 Å². The van der Waals surface area contributed by atoms with E-state index in [9.17, 15) is 9.18 Å². The van der Waals surface area contributed by atoms with Crippen LogP contribution < -0.4 is 15.4 Å². The lowest BCUT2D eigenvalue weighted by atomic mass is 10.2. The number of ether oxygens (including phenoxy) is 1. The standard InChI is InChI=1S/C18H18BrFN2O2S/c1-2-3-10-24-14-7-4-12(5-8-14)17(23)22-18(25)21-16-9-6-13(19)11-15(16)20/h4-9,11H,2-3,10H2,1H3,(H2,21,22,23,25). The second-order valence-electron chi connectivity index (χ2n) is 5.26. The lowest BCUT2D eigenvalue weighted by molar-refractivity contribution is 0.0977. The number of anilines is 1. The summed E-state index contributed by atoms with van der Waals surface area (Å²) in [5.41, 5.74) is 0.622. The van der Waals surface area contributed by atoms with Crippen molar-refractivity contribution in [3.63, 3.8) is 0 Å². The first kappa shape index (κ1) is 19.3. The molecule has 0 aliphatic rings. The van der Waals surface area contributed by atoms with Gasteiger partial charge < -0.3 is 10.1 Å². The van der Waals surface area contributed by atoms with Crippen LogP contribution in [0.2, 0.25) is 0 Å². The topological polar surface area (TPSA) is 50.4 Å². The molecule has 0 fully saturated rings. The van der Waals surface area contributed by atoms with E-state index in [2.05, 4.69) is 33.5 Å². The van der Waals surface area contributed by atoms with Crippen LogP contribution in [0.1, 0.15) is 30.1 Å². The first-order chi connectivity index (χ1) is 12.0. The van der Waals surface area contributed by atoms with Crippen molar-refractivity contribution in [2.75, 3.05) is 11.9 Å². The van der Waals surface area contributed by atoms with E-state index in [1.165, 1.54) is 12.1 Å². The van der Waals surface area contributed by atoms with Crippen LogP contribution in [-0.2, 0) is 0 Å². The van der Waals surface area contributed by atoms with Crippen LogP contribution in [0.4, 0.5) is 10.1 Å². The Morgan fingerprint density at radius 3 is 2.60 bits per heavy atom. The first-order valence-corrected chi connectivity index (χ1v) is 9.00. The Kier molecular flexibility index (Phi) is 7.33. The molecule has 0 saturated carbocycles. The Bertz CT molecular complexity index is 753. The molecule has 1 amide bonds. The van der Waals surface area contributed by atoms with Gasteiger partial charge >= 0.3 is 0 Å². The molecule has 0 heterocycles. The van der Waals surface area contributed by atoms with Gasteiger partial charge in [0.1, 0.15) is 11.6 Å². The van der Waals surface area contributed by atoms with Crippen LogP contribution in [0.25, 0.3) is 0 Å². The number of carbonyl (C=O) groups excluding carboxylic acids is 1. The Balaban J connectivity index is 1.91. The van der Waals surface area contributed by atoms with E-state index in [1.807, 2.05) is 0 Å². The van der Waals surface area contributed by atoms with Crippen molar-refractivity contribution in [1.29, 1.82) is 0 Å². The smallest absolute Gasteiger partial charge is 0.257 e. The molecule has 2 aromatic carbocycles. The zero-order valence-electron chi connectivity index (χ0n) is 13.6. The van der Waals surface area contributed by atoms with Crippen LogP contribution in [0.5, 0.6) is 5.75 Å². The molecule has 0 aliphatic heterocycles. The van der Waals surface area contributed by atoms with Crippen LogP contribution >= 0.6 is 28.1 Å². The number of hydrogen-bond acceptors (Lipinski definition) is 3. The molecule has 0 aliphatic carbocycles. The second kappa shape index (κ2) is 9.48. The molecule has 0 aromatic heterocycles. The summed E-state index contributed by atoms with van der Waals surface area (Å²) in [5, 5.41) is 5.21. The second-order valence-corrected chi connectivity index (χ2v) is 6.58. The van der Waals surface area contributed by atoms with Gasteiger partial charge in [0.25, 0.3) is 5.91 Å². The highest BCUT2D eigenvalue weighted by Crippen LogP contribution is 2.19. The lowest BCUT2D eigenvalue weighted by Crippen LogP contribution is -2.34. The highest BCUT2D eigenvalue weighted by molar-refractivity contribution is 9.10. The fraction of sp³-hybridized carbons (Fsp3) is 0.222. The average molecular weight is 425 g/mol. The van der Waals surface area contributed by atoms with Gasteiger partial charge in [-0.2, -0.15) is 0 Å². The molecule has 0 spiro atoms. The van der Waals surface area contributed by atoms with Gasteiger partial charge in [0.2, 0.25) is 0 Å². The van der Waals surface area contributed by atoms with Crippen molar-refractivity contribution < 1.29 is 13.9 Å². The molecule has 0 unspecified atom stereocenters. The fourth-order valence-corrected chi connectivity index (χ4v) is 2.49. The van der Waals surface area contributed by atoms with Crippen LogP contribution in [-0.4, -0.2) is 17.6 Å². The predicted molar refractivity (Wildman–Crippen MR) is 105 cm³/mol. The number of rotatable bonds is 6. The quantitative estimate of drug-likeness (QED) is 0.511. The van der Waals surface area contributed by atoms with Gasteiger partial charge in [-0.05, 0) is 61.1 Å². The third kappa shape index (κ3) is 6.10. The number of carbonyl (C=O) groups is 1. The number of thiocarbonyl (C=S) groups is 1. The minimum atomic E-state index is -0.473. The monoisotopic (exact) mass is 424 g/mol. The lowest BCUT2D eigenvalue weighted by Gasteiger charge is -2.11. The summed E-state index contributed by atoms with van der Waals surface area (Å²) in [6, 6.07) is 11.3. The average Bonchev–Trinajstić information content (AvgIpc) is 2.58. The fourth-order valence-electron chi connectivity index (χ4n) is 1.96. The van der Waals surface area contributed by atoms with Gasteiger partial charge in [-0.15, -0.1) is 0 Å². The molecular formula is C18H18BrFN2O2S. The van der Waals surface area contributed by atoms with E-state index in [-0.39, 0.29) is 16.7 Å². The van der Waals surface area contributed by atoms with Gasteiger partial charge in [0, 0.05) is 10.0 Å². The van der Waals surface area contributed by atoms with E-state index in [1.54, 1.807) is 30.3 Å². The van der Waals surface area contributed by atoms with E-state index in [0.717, 1.165) is 12.8 Å². The van der Waals surface area contributed by atoms with E-state index in [4.69, 9.17) is 17.0 Å². The molecule has 0 saturated heterocycles. The minimum absolute atomic E-state index is 0.0227. The van der Waals surface area contributed by atoms with Crippen molar-refractivity contribution in [3.8, 4) is 5.75 Å². The number of nitrogens with one attached hydrogen (secondary N) is 2. The third-order valence-electron chi connectivity index (χ3n) is 3.29. The van der Waals surface area contributed by atoms with Crippen LogP contribution in [0, 0.1) is 5.82 Å². The maximum atomic E-state index is 13.8. The predicted octanol–water partition coefficient (Wildman–Crippen LogP) is 4.89. The number of unbranched alkanes of at least 4 members (excludes halogenated alkanes) is 1. The van der Waals surface area contributed by atoms with E-state index >= 15 is 0 Å². The maximum absolute atomic E-state index is 13.8. The molecule has 2 N–H and O–H groups in total. The number of hydrogen-bond donors (Lipinski definition) is 2. The zero-order valence-corrected chi connectivity index (χ0v) is 16.0. The summed E-state index contributed by atoms with van der Waals surface area (Å²) in [5.74, 6) is -0.141. The Morgan fingerprint density at radius 1 is 1.24 bits per heavy atom. The van der Waals surface area contributed by atoms with Gasteiger partial charge in [-0.25, -0.2) is 4.39 Å². The molecule has 2 rings (SSSR count). The molecule has 0 bridgehead atoms. The Hall–Kier alpha value is -1.99. The van der Waals surface area contributed by atoms with Crippen molar-refractivity contribution in [1.82, 2.24) is 5.32 Å². The maximum Gasteiger partial charge on any atom is 0.257 e. The zero-order chi connectivity index (χ0) is 18.2. The molecule has 0 atom stereocenters. The summed E-state index contributed by atoms with van der Waals surface area (Å²) in [7, 11) is 0. The molecule has 7 heteroatoms. The van der Waals surface area contributed by atoms with Crippen molar-refractivity contribution in [2.24, 2.45) is 0 Å². The van der Waals surface area contributed by atoms with E-state index in [0.29, 0.717) is 22.4 Å². The van der Waals surface area contributed by atoms with Gasteiger partial charge in [-0.3, -0.25) is 10.1 Å². The van der Waals surface area contributed by atoms with Gasteiger partial charge in [0.15, 0.2) is 5.11 Å². The summed E-state index contributed by atoms with van der Waals surface area (Å²) in [4.78, 5) is 12.2. The summed E-state index contributed by atoms with van der Waals surface area (Å²) >= 11 is 8.23. The first-order valence-electron chi connectivity index (χ1n) is 7.80.